The van der Waals surface area contributed by atoms with E-state index in [4.69, 9.17) is 5.73 Å². The highest BCUT2D eigenvalue weighted by Gasteiger charge is 2.07. The molecule has 0 aromatic heterocycles. The van der Waals surface area contributed by atoms with E-state index in [0.29, 0.717) is 4.47 Å². The highest BCUT2D eigenvalue weighted by Crippen LogP contribution is 2.19. The molecule has 0 atom stereocenters. The predicted octanol–water partition coefficient (Wildman–Crippen LogP) is 2.20. The second kappa shape index (κ2) is 5.18. The van der Waals surface area contributed by atoms with Crippen molar-refractivity contribution in [3.63, 3.8) is 0 Å². The van der Waals surface area contributed by atoms with Crippen LogP contribution in [0.25, 0.3) is 0 Å². The fourth-order valence-corrected chi connectivity index (χ4v) is 1.41. The highest BCUT2D eigenvalue weighted by molar-refractivity contribution is 9.10. The number of halogens is 2. The Morgan fingerprint density at radius 3 is 2.80 bits per heavy atom. The van der Waals surface area contributed by atoms with Crippen molar-refractivity contribution in [3.8, 4) is 0 Å². The van der Waals surface area contributed by atoms with Crippen molar-refractivity contribution in [2.45, 2.75) is 6.42 Å². The number of amides is 1. The quantitative estimate of drug-likeness (QED) is 0.839. The Hall–Kier alpha value is -1.01. The molecule has 1 amide bonds. The van der Waals surface area contributed by atoms with Crippen molar-refractivity contribution in [1.29, 1.82) is 0 Å². The average molecular weight is 291 g/mol. The number of rotatable bonds is 3. The monoisotopic (exact) mass is 290 g/mol. The first kappa shape index (κ1) is 12.1. The molecular formula is C9H8BrFN2OS. The van der Waals surface area contributed by atoms with E-state index in [-0.39, 0.29) is 17.1 Å². The topological polar surface area (TPSA) is 55.1 Å². The number of nitrogens with one attached hydrogen (secondary N) is 1. The molecule has 0 spiro atoms. The molecule has 0 saturated carbocycles. The zero-order valence-electron chi connectivity index (χ0n) is 7.59. The SMILES string of the molecule is NC(=S)CC(=O)Nc1ccc(Br)cc1F. The van der Waals surface area contributed by atoms with E-state index in [0.717, 1.165) is 0 Å². The summed E-state index contributed by atoms with van der Waals surface area (Å²) >= 11 is 7.67. The fraction of sp³-hybridized carbons (Fsp3) is 0.111. The fourth-order valence-electron chi connectivity index (χ4n) is 0.943. The maximum Gasteiger partial charge on any atom is 0.231 e. The summed E-state index contributed by atoms with van der Waals surface area (Å²) in [5.74, 6) is -0.940. The van der Waals surface area contributed by atoms with Crippen molar-refractivity contribution in [2.75, 3.05) is 5.32 Å². The Bertz CT molecular complexity index is 411. The molecular weight excluding hydrogens is 283 g/mol. The summed E-state index contributed by atoms with van der Waals surface area (Å²) in [4.78, 5) is 11.3. The van der Waals surface area contributed by atoms with Crippen LogP contribution < -0.4 is 11.1 Å². The Balaban J connectivity index is 2.72. The number of nitrogens with two attached hydrogens (primary N) is 1. The maximum atomic E-state index is 13.2. The molecule has 0 aliphatic carbocycles. The van der Waals surface area contributed by atoms with Crippen LogP contribution in [0.1, 0.15) is 6.42 Å². The number of hydrogen-bond donors (Lipinski definition) is 2. The van der Waals surface area contributed by atoms with E-state index in [1.165, 1.54) is 12.1 Å². The third-order valence-electron chi connectivity index (χ3n) is 1.54. The summed E-state index contributed by atoms with van der Waals surface area (Å²) in [7, 11) is 0. The smallest absolute Gasteiger partial charge is 0.231 e. The van der Waals surface area contributed by atoms with Crippen LogP contribution in [-0.4, -0.2) is 10.9 Å². The van der Waals surface area contributed by atoms with Gasteiger partial charge < -0.3 is 11.1 Å². The summed E-state index contributed by atoms with van der Waals surface area (Å²) in [6, 6.07) is 4.34. The van der Waals surface area contributed by atoms with E-state index in [9.17, 15) is 9.18 Å². The number of carbonyl (C=O) groups excluding carboxylic acids is 1. The van der Waals surface area contributed by atoms with Gasteiger partial charge in [-0.1, -0.05) is 28.1 Å². The third-order valence-corrected chi connectivity index (χ3v) is 2.18. The van der Waals surface area contributed by atoms with Crippen LogP contribution >= 0.6 is 28.1 Å². The van der Waals surface area contributed by atoms with E-state index < -0.39 is 11.7 Å². The summed E-state index contributed by atoms with van der Waals surface area (Å²) < 4.78 is 13.8. The predicted molar refractivity (Wildman–Crippen MR) is 64.1 cm³/mol. The first-order valence-electron chi connectivity index (χ1n) is 4.02. The summed E-state index contributed by atoms with van der Waals surface area (Å²) in [6.45, 7) is 0. The zero-order chi connectivity index (χ0) is 11.4. The van der Waals surface area contributed by atoms with Crippen LogP contribution in [0, 0.1) is 5.82 Å². The molecule has 15 heavy (non-hydrogen) atoms. The lowest BCUT2D eigenvalue weighted by molar-refractivity contribution is -0.115. The second-order valence-electron chi connectivity index (χ2n) is 2.82. The molecule has 6 heteroatoms. The molecule has 3 N–H and O–H groups in total. The Morgan fingerprint density at radius 2 is 2.27 bits per heavy atom. The minimum Gasteiger partial charge on any atom is -0.393 e. The second-order valence-corrected chi connectivity index (χ2v) is 4.26. The van der Waals surface area contributed by atoms with Crippen molar-refractivity contribution >= 4 is 44.7 Å². The van der Waals surface area contributed by atoms with Crippen LogP contribution in [-0.2, 0) is 4.79 Å². The molecule has 0 aliphatic rings. The summed E-state index contributed by atoms with van der Waals surface area (Å²) in [6.07, 6.45) is -0.0924. The highest BCUT2D eigenvalue weighted by atomic mass is 79.9. The molecule has 1 rings (SSSR count). The Kier molecular flexibility index (Phi) is 4.16. The molecule has 1 aromatic carbocycles. The minimum atomic E-state index is -0.513. The molecule has 0 saturated heterocycles. The van der Waals surface area contributed by atoms with Crippen molar-refractivity contribution < 1.29 is 9.18 Å². The van der Waals surface area contributed by atoms with Gasteiger partial charge in [0.15, 0.2) is 0 Å². The third kappa shape index (κ3) is 3.93. The van der Waals surface area contributed by atoms with Gasteiger partial charge in [0.2, 0.25) is 5.91 Å². The van der Waals surface area contributed by atoms with E-state index >= 15 is 0 Å². The molecule has 0 fully saturated rings. The van der Waals surface area contributed by atoms with Crippen molar-refractivity contribution in [1.82, 2.24) is 0 Å². The van der Waals surface area contributed by atoms with Gasteiger partial charge in [0.05, 0.1) is 17.1 Å². The van der Waals surface area contributed by atoms with Crippen LogP contribution in [0.2, 0.25) is 0 Å². The Labute approximate surface area is 100.0 Å². The van der Waals surface area contributed by atoms with E-state index in [1.807, 2.05) is 0 Å². The lowest BCUT2D eigenvalue weighted by Crippen LogP contribution is -2.20. The van der Waals surface area contributed by atoms with Gasteiger partial charge in [-0.3, -0.25) is 4.79 Å². The van der Waals surface area contributed by atoms with Crippen LogP contribution in [0.15, 0.2) is 22.7 Å². The molecule has 0 radical (unpaired) electrons. The summed E-state index contributed by atoms with van der Waals surface area (Å²) in [5.41, 5.74) is 5.29. The van der Waals surface area contributed by atoms with Gasteiger partial charge in [-0.25, -0.2) is 4.39 Å². The number of thiocarbonyl (C=S) groups is 1. The average Bonchev–Trinajstić information content (AvgIpc) is 2.08. The standard InChI is InChI=1S/C9H8BrFN2OS/c10-5-1-2-7(6(11)3-5)13-9(14)4-8(12)15/h1-3H,4H2,(H2,12,15)(H,13,14). The van der Waals surface area contributed by atoms with E-state index in [1.54, 1.807) is 6.07 Å². The minimum absolute atomic E-state index is 0.0741. The number of hydrogen-bond acceptors (Lipinski definition) is 2. The first-order valence-corrected chi connectivity index (χ1v) is 5.22. The summed E-state index contributed by atoms with van der Waals surface area (Å²) in [5, 5.41) is 2.37. The van der Waals surface area contributed by atoms with Crippen LogP contribution in [0.3, 0.4) is 0 Å². The molecule has 0 aliphatic heterocycles. The number of benzene rings is 1. The van der Waals surface area contributed by atoms with Crippen molar-refractivity contribution in [2.24, 2.45) is 5.73 Å². The van der Waals surface area contributed by atoms with Gasteiger partial charge in [0, 0.05) is 4.47 Å². The van der Waals surface area contributed by atoms with Crippen LogP contribution in [0.5, 0.6) is 0 Å². The number of carbonyl (C=O) groups is 1. The molecule has 0 unspecified atom stereocenters. The molecule has 0 bridgehead atoms. The molecule has 1 aromatic rings. The molecule has 3 nitrogen and oxygen atoms in total. The van der Waals surface area contributed by atoms with Crippen LogP contribution in [0.4, 0.5) is 10.1 Å². The normalized spacial score (nSPS) is 9.73. The zero-order valence-corrected chi connectivity index (χ0v) is 9.99. The van der Waals surface area contributed by atoms with Gasteiger partial charge in [-0.15, -0.1) is 0 Å². The van der Waals surface area contributed by atoms with E-state index in [2.05, 4.69) is 33.5 Å². The lowest BCUT2D eigenvalue weighted by Gasteiger charge is -2.05. The largest absolute Gasteiger partial charge is 0.393 e. The number of anilines is 1. The molecule has 80 valence electrons. The van der Waals surface area contributed by atoms with Gasteiger partial charge in [0.1, 0.15) is 5.82 Å². The van der Waals surface area contributed by atoms with Gasteiger partial charge in [-0.05, 0) is 18.2 Å². The lowest BCUT2D eigenvalue weighted by atomic mass is 10.3. The van der Waals surface area contributed by atoms with Gasteiger partial charge in [-0.2, -0.15) is 0 Å². The maximum absolute atomic E-state index is 13.2. The first-order chi connectivity index (χ1) is 6.99. The van der Waals surface area contributed by atoms with Gasteiger partial charge >= 0.3 is 0 Å². The Morgan fingerprint density at radius 1 is 1.60 bits per heavy atom. The van der Waals surface area contributed by atoms with Gasteiger partial charge in [0.25, 0.3) is 0 Å². The molecule has 0 heterocycles. The van der Waals surface area contributed by atoms with Crippen molar-refractivity contribution in [3.05, 3.63) is 28.5 Å².